The molecule has 0 unspecified atom stereocenters. The Labute approximate surface area is 123 Å². The fourth-order valence-corrected chi connectivity index (χ4v) is 3.18. The van der Waals surface area contributed by atoms with Gasteiger partial charge in [0.1, 0.15) is 0 Å². The lowest BCUT2D eigenvalue weighted by atomic mass is 9.78. The third-order valence-electron chi connectivity index (χ3n) is 4.24. The summed E-state index contributed by atoms with van der Waals surface area (Å²) < 4.78 is 11.3. The molecule has 0 radical (unpaired) electrons. The van der Waals surface area contributed by atoms with Crippen LogP contribution in [-0.4, -0.2) is 12.9 Å². The summed E-state index contributed by atoms with van der Waals surface area (Å²) in [4.78, 5) is 0. The topological polar surface area (TPSA) is 18.5 Å². The Morgan fingerprint density at radius 2 is 2.25 bits per heavy atom. The number of hydrogen-bond acceptors (Lipinski definition) is 2. The third-order valence-corrected chi connectivity index (χ3v) is 4.24. The minimum absolute atomic E-state index is 0.0271. The van der Waals surface area contributed by atoms with Gasteiger partial charge in [0, 0.05) is 13.0 Å². The molecule has 112 valence electrons. The summed E-state index contributed by atoms with van der Waals surface area (Å²) >= 11 is 0. The lowest BCUT2D eigenvalue weighted by Crippen LogP contribution is -2.27. The number of fused-ring (bicyclic) bond motifs is 1. The van der Waals surface area contributed by atoms with Crippen molar-refractivity contribution >= 4 is 0 Å². The van der Waals surface area contributed by atoms with E-state index in [1.165, 1.54) is 49.7 Å². The smallest absolute Gasteiger partial charge is 0.199 e. The first-order chi connectivity index (χ1) is 9.85. The molecule has 2 rings (SSSR count). The molecule has 20 heavy (non-hydrogen) atoms. The zero-order valence-electron chi connectivity index (χ0n) is 12.8. The molecule has 2 heteroatoms. The summed E-state index contributed by atoms with van der Waals surface area (Å²) in [6.07, 6.45) is 16.0. The van der Waals surface area contributed by atoms with Crippen LogP contribution in [0.25, 0.3) is 0 Å². The second-order valence-electron chi connectivity index (χ2n) is 5.72. The summed E-state index contributed by atoms with van der Waals surface area (Å²) in [7, 11) is 0. The van der Waals surface area contributed by atoms with E-state index in [9.17, 15) is 0 Å². The quantitative estimate of drug-likeness (QED) is 0.474. The average molecular weight is 276 g/mol. The second-order valence-corrected chi connectivity index (χ2v) is 5.72. The zero-order valence-corrected chi connectivity index (χ0v) is 12.8. The van der Waals surface area contributed by atoms with Crippen LogP contribution < -0.4 is 0 Å². The molecular weight excluding hydrogens is 248 g/mol. The van der Waals surface area contributed by atoms with Gasteiger partial charge in [0.25, 0.3) is 0 Å². The predicted octanol–water partition coefficient (Wildman–Crippen LogP) is 5.13. The molecule has 0 N–H and O–H groups in total. The van der Waals surface area contributed by atoms with Gasteiger partial charge in [0.15, 0.2) is 6.29 Å². The van der Waals surface area contributed by atoms with Crippen LogP contribution in [0.5, 0.6) is 0 Å². The van der Waals surface area contributed by atoms with Crippen molar-refractivity contribution in [2.24, 2.45) is 5.92 Å². The Balaban J connectivity index is 1.90. The van der Waals surface area contributed by atoms with Crippen LogP contribution >= 0.6 is 0 Å². The minimum atomic E-state index is -0.0271. The number of allylic oxidation sites excluding steroid dienone is 4. The Bertz CT molecular complexity index is 368. The van der Waals surface area contributed by atoms with E-state index in [2.05, 4.69) is 12.7 Å². The first-order valence-electron chi connectivity index (χ1n) is 8.12. The van der Waals surface area contributed by atoms with Gasteiger partial charge in [-0.2, -0.15) is 0 Å². The maximum atomic E-state index is 5.72. The summed E-state index contributed by atoms with van der Waals surface area (Å²) in [6, 6.07) is 0. The normalized spacial score (nSPS) is 27.6. The van der Waals surface area contributed by atoms with Gasteiger partial charge < -0.3 is 9.47 Å². The van der Waals surface area contributed by atoms with E-state index in [4.69, 9.17) is 9.47 Å². The predicted molar refractivity (Wildman–Crippen MR) is 83.3 cm³/mol. The van der Waals surface area contributed by atoms with Crippen molar-refractivity contribution in [2.45, 2.75) is 64.6 Å². The van der Waals surface area contributed by atoms with Crippen LogP contribution in [0.3, 0.4) is 0 Å². The molecule has 1 saturated carbocycles. The highest BCUT2D eigenvalue weighted by molar-refractivity contribution is 5.34. The van der Waals surface area contributed by atoms with Crippen LogP contribution in [0.4, 0.5) is 0 Å². The van der Waals surface area contributed by atoms with Crippen molar-refractivity contribution in [1.29, 1.82) is 0 Å². The van der Waals surface area contributed by atoms with Gasteiger partial charge in [-0.15, -0.1) is 6.58 Å². The molecule has 0 spiro atoms. The maximum Gasteiger partial charge on any atom is 0.199 e. The largest absolute Gasteiger partial charge is 0.472 e. The van der Waals surface area contributed by atoms with E-state index >= 15 is 0 Å². The summed E-state index contributed by atoms with van der Waals surface area (Å²) in [5, 5.41) is 0. The maximum absolute atomic E-state index is 5.72. The molecular formula is C18H28O2. The Hall–Kier alpha value is -1.02. The number of hydrogen-bond donors (Lipinski definition) is 0. The van der Waals surface area contributed by atoms with Crippen LogP contribution in [-0.2, 0) is 9.47 Å². The van der Waals surface area contributed by atoms with Crippen molar-refractivity contribution in [1.82, 2.24) is 0 Å². The molecule has 0 aromatic rings. The second kappa shape index (κ2) is 8.31. The first kappa shape index (κ1) is 15.4. The van der Waals surface area contributed by atoms with Crippen LogP contribution in [0.1, 0.15) is 58.3 Å². The van der Waals surface area contributed by atoms with Crippen molar-refractivity contribution in [3.8, 4) is 0 Å². The third kappa shape index (κ3) is 4.24. The lowest BCUT2D eigenvalue weighted by molar-refractivity contribution is -0.121. The van der Waals surface area contributed by atoms with Crippen molar-refractivity contribution in [3.05, 3.63) is 36.1 Å². The average Bonchev–Trinajstić information content (AvgIpc) is 2.47. The van der Waals surface area contributed by atoms with Gasteiger partial charge in [0.05, 0.1) is 6.26 Å². The molecule has 1 fully saturated rings. The van der Waals surface area contributed by atoms with Crippen LogP contribution in [0.15, 0.2) is 36.1 Å². The van der Waals surface area contributed by atoms with E-state index in [1.807, 2.05) is 19.3 Å². The lowest BCUT2D eigenvalue weighted by Gasteiger charge is -2.34. The molecule has 0 amide bonds. The van der Waals surface area contributed by atoms with Gasteiger partial charge in [-0.05, 0) is 68.9 Å². The Morgan fingerprint density at radius 1 is 1.40 bits per heavy atom. The van der Waals surface area contributed by atoms with E-state index in [0.717, 1.165) is 19.4 Å². The molecule has 0 aromatic heterocycles. The first-order valence-corrected chi connectivity index (χ1v) is 8.12. The molecule has 0 aromatic carbocycles. The van der Waals surface area contributed by atoms with Gasteiger partial charge in [-0.25, -0.2) is 0 Å². The number of unbranched alkanes of at least 4 members (excludes halogenated alkanes) is 3. The fraction of sp³-hybridized carbons (Fsp3) is 0.667. The van der Waals surface area contributed by atoms with E-state index in [1.54, 1.807) is 0 Å². The number of ether oxygens (including phenoxy) is 2. The van der Waals surface area contributed by atoms with Crippen molar-refractivity contribution in [2.75, 3.05) is 6.61 Å². The van der Waals surface area contributed by atoms with E-state index < -0.39 is 0 Å². The molecule has 2 aliphatic rings. The monoisotopic (exact) mass is 276 g/mol. The minimum Gasteiger partial charge on any atom is -0.472 e. The fourth-order valence-electron chi connectivity index (χ4n) is 3.18. The molecule has 0 bridgehead atoms. The molecule has 1 aliphatic carbocycles. The van der Waals surface area contributed by atoms with Gasteiger partial charge >= 0.3 is 0 Å². The molecule has 2 nitrogen and oxygen atoms in total. The van der Waals surface area contributed by atoms with E-state index in [-0.39, 0.29) is 6.29 Å². The Morgan fingerprint density at radius 3 is 3.05 bits per heavy atom. The van der Waals surface area contributed by atoms with Crippen LogP contribution in [0, 0.1) is 5.92 Å². The highest BCUT2D eigenvalue weighted by atomic mass is 16.7. The molecule has 0 saturated heterocycles. The highest BCUT2D eigenvalue weighted by Gasteiger charge is 2.30. The van der Waals surface area contributed by atoms with Gasteiger partial charge in [0.2, 0.25) is 0 Å². The number of rotatable bonds is 7. The summed E-state index contributed by atoms with van der Waals surface area (Å²) in [6.45, 7) is 6.53. The highest BCUT2D eigenvalue weighted by Crippen LogP contribution is 2.40. The van der Waals surface area contributed by atoms with Gasteiger partial charge in [-0.3, -0.25) is 0 Å². The Kier molecular flexibility index (Phi) is 6.38. The zero-order chi connectivity index (χ0) is 14.2. The summed E-state index contributed by atoms with van der Waals surface area (Å²) in [5.41, 5.74) is 2.96. The standard InChI is InChI=1S/C18H28O2/c1-3-5-6-7-8-10-15-11-9-12-16-13-18(19-4-2)20-14-17(15)16/h3,10,14,16,18H,1,4-9,11-13H2,2H3/b15-10+/t16-,18-/m0/s1. The van der Waals surface area contributed by atoms with E-state index in [0.29, 0.717) is 5.92 Å². The molecule has 2 atom stereocenters. The van der Waals surface area contributed by atoms with Crippen LogP contribution in [0.2, 0.25) is 0 Å². The van der Waals surface area contributed by atoms with Crippen molar-refractivity contribution < 1.29 is 9.47 Å². The molecule has 1 aliphatic heterocycles. The van der Waals surface area contributed by atoms with Crippen molar-refractivity contribution in [3.63, 3.8) is 0 Å². The molecule has 1 heterocycles. The SMILES string of the molecule is C=CCCCC/C=C1\CCC[C@H]2C[C@@H](OCC)OC=C12. The summed E-state index contributed by atoms with van der Waals surface area (Å²) in [5.74, 6) is 0.647. The van der Waals surface area contributed by atoms with Gasteiger partial charge in [-0.1, -0.05) is 12.2 Å².